The minimum atomic E-state index is -5.00. The molecule has 1 aromatic heterocycles. The van der Waals surface area contributed by atoms with E-state index in [1.807, 2.05) is 0 Å². The number of nitriles is 1. The highest BCUT2D eigenvalue weighted by molar-refractivity contribution is 5.95. The van der Waals surface area contributed by atoms with Crippen molar-refractivity contribution in [2.45, 2.75) is 6.18 Å². The number of anilines is 1. The highest BCUT2D eigenvalue weighted by Crippen LogP contribution is 2.18. The number of amides is 1. The number of rotatable bonds is 1. The Hall–Kier alpha value is -2.10. The molecule has 0 aromatic carbocycles. The third kappa shape index (κ3) is 2.67. The van der Waals surface area contributed by atoms with E-state index in [-0.39, 0.29) is 5.56 Å². The number of alkyl halides is 3. The van der Waals surface area contributed by atoms with Crippen molar-refractivity contribution in [2.24, 2.45) is 0 Å². The van der Waals surface area contributed by atoms with Gasteiger partial charge < -0.3 is 5.32 Å². The van der Waals surface area contributed by atoms with Crippen LogP contribution in [0.2, 0.25) is 0 Å². The maximum Gasteiger partial charge on any atom is 0.471 e. The van der Waals surface area contributed by atoms with Crippen molar-refractivity contribution in [2.75, 3.05) is 5.32 Å². The molecule has 0 fully saturated rings. The molecule has 4 nitrogen and oxygen atoms in total. The minimum Gasteiger partial charge on any atom is -0.302 e. The van der Waals surface area contributed by atoms with E-state index in [4.69, 9.17) is 5.26 Å². The van der Waals surface area contributed by atoms with Crippen LogP contribution < -0.4 is 5.32 Å². The molecule has 0 saturated carbocycles. The second-order valence-corrected chi connectivity index (χ2v) is 2.46. The largest absolute Gasteiger partial charge is 0.471 e. The lowest BCUT2D eigenvalue weighted by Gasteiger charge is -2.07. The van der Waals surface area contributed by atoms with Crippen molar-refractivity contribution in [3.63, 3.8) is 0 Å². The van der Waals surface area contributed by atoms with Gasteiger partial charge >= 0.3 is 12.1 Å². The van der Waals surface area contributed by atoms with E-state index in [2.05, 4.69) is 4.98 Å². The Bertz CT molecular complexity index is 422. The molecule has 7 heteroatoms. The first-order chi connectivity index (χ1) is 6.95. The molecule has 0 atom stereocenters. The average Bonchev–Trinajstić information content (AvgIpc) is 2.17. The molecule has 15 heavy (non-hydrogen) atoms. The van der Waals surface area contributed by atoms with Crippen LogP contribution in [0.4, 0.5) is 19.0 Å². The molecule has 0 aliphatic rings. The second kappa shape index (κ2) is 3.96. The lowest BCUT2D eigenvalue weighted by atomic mass is 10.3. The molecule has 1 aromatic rings. The zero-order valence-electron chi connectivity index (χ0n) is 7.17. The van der Waals surface area contributed by atoms with Crippen LogP contribution in [0.1, 0.15) is 5.56 Å². The molecule has 1 rings (SSSR count). The Morgan fingerprint density at radius 3 is 2.73 bits per heavy atom. The van der Waals surface area contributed by atoms with Crippen LogP contribution in [0.3, 0.4) is 0 Å². The number of pyridine rings is 1. The third-order valence-corrected chi connectivity index (χ3v) is 1.42. The molecule has 0 unspecified atom stereocenters. The Kier molecular flexibility index (Phi) is 2.90. The van der Waals surface area contributed by atoms with Gasteiger partial charge in [-0.1, -0.05) is 0 Å². The second-order valence-electron chi connectivity index (χ2n) is 2.46. The number of halogens is 3. The van der Waals surface area contributed by atoms with Gasteiger partial charge in [0.25, 0.3) is 0 Å². The predicted molar refractivity (Wildman–Crippen MR) is 43.6 cm³/mol. The van der Waals surface area contributed by atoms with E-state index in [0.717, 1.165) is 0 Å². The van der Waals surface area contributed by atoms with E-state index in [1.54, 1.807) is 6.07 Å². The van der Waals surface area contributed by atoms with E-state index in [1.165, 1.54) is 23.6 Å². The van der Waals surface area contributed by atoms with Gasteiger partial charge in [0.1, 0.15) is 6.07 Å². The Morgan fingerprint density at radius 2 is 2.20 bits per heavy atom. The van der Waals surface area contributed by atoms with E-state index in [0.29, 0.717) is 0 Å². The number of carbonyl (C=O) groups is 1. The zero-order valence-corrected chi connectivity index (χ0v) is 7.17. The van der Waals surface area contributed by atoms with Crippen LogP contribution in [-0.4, -0.2) is 17.1 Å². The van der Waals surface area contributed by atoms with Gasteiger partial charge in [0.2, 0.25) is 0 Å². The van der Waals surface area contributed by atoms with E-state index in [9.17, 15) is 18.0 Å². The molecule has 0 bridgehead atoms. The molecular weight excluding hydrogens is 211 g/mol. The summed E-state index contributed by atoms with van der Waals surface area (Å²) in [5.41, 5.74) is -0.130. The standard InChI is InChI=1S/C8H4F3N3O/c9-8(10,11)7(15)14-6-5(4-12)2-1-3-13-6/h1-3H,(H,13,14,15). The molecular formula is C8H4F3N3O. The topological polar surface area (TPSA) is 65.8 Å². The summed E-state index contributed by atoms with van der Waals surface area (Å²) >= 11 is 0. The van der Waals surface area contributed by atoms with Crippen LogP contribution >= 0.6 is 0 Å². The number of nitrogens with zero attached hydrogens (tertiary/aromatic N) is 2. The fourth-order valence-corrected chi connectivity index (χ4v) is 0.774. The van der Waals surface area contributed by atoms with Crippen molar-refractivity contribution in [3.8, 4) is 6.07 Å². The molecule has 0 aliphatic heterocycles. The quantitative estimate of drug-likeness (QED) is 0.771. The first-order valence-electron chi connectivity index (χ1n) is 3.68. The lowest BCUT2D eigenvalue weighted by molar-refractivity contribution is -0.167. The Labute approximate surface area is 82.3 Å². The summed E-state index contributed by atoms with van der Waals surface area (Å²) in [4.78, 5) is 14.0. The first-order valence-corrected chi connectivity index (χ1v) is 3.68. The number of carbonyl (C=O) groups excluding carboxylic acids is 1. The van der Waals surface area contributed by atoms with Crippen LogP contribution in [0, 0.1) is 11.3 Å². The molecule has 78 valence electrons. The fourth-order valence-electron chi connectivity index (χ4n) is 0.774. The van der Waals surface area contributed by atoms with Gasteiger partial charge in [0, 0.05) is 6.20 Å². The summed E-state index contributed by atoms with van der Waals surface area (Å²) < 4.78 is 35.5. The van der Waals surface area contributed by atoms with Gasteiger partial charge in [-0.2, -0.15) is 18.4 Å². The maximum atomic E-state index is 11.8. The van der Waals surface area contributed by atoms with Crippen LogP contribution in [0.25, 0.3) is 0 Å². The number of aromatic nitrogens is 1. The lowest BCUT2D eigenvalue weighted by Crippen LogP contribution is -2.30. The smallest absolute Gasteiger partial charge is 0.302 e. The third-order valence-electron chi connectivity index (χ3n) is 1.42. The van der Waals surface area contributed by atoms with Crippen LogP contribution in [0.15, 0.2) is 18.3 Å². The Balaban J connectivity index is 2.92. The summed E-state index contributed by atoms with van der Waals surface area (Å²) in [5, 5.41) is 10.0. The van der Waals surface area contributed by atoms with Crippen LogP contribution in [0.5, 0.6) is 0 Å². The van der Waals surface area contributed by atoms with Crippen molar-refractivity contribution < 1.29 is 18.0 Å². The SMILES string of the molecule is N#Cc1cccnc1NC(=O)C(F)(F)F. The number of nitrogens with one attached hydrogen (secondary N) is 1. The first kappa shape index (κ1) is 11.0. The Morgan fingerprint density at radius 1 is 1.53 bits per heavy atom. The molecule has 0 radical (unpaired) electrons. The summed E-state index contributed by atoms with van der Waals surface area (Å²) in [6.07, 6.45) is -3.82. The minimum absolute atomic E-state index is 0.130. The average molecular weight is 215 g/mol. The summed E-state index contributed by atoms with van der Waals surface area (Å²) in [6.45, 7) is 0. The van der Waals surface area contributed by atoms with Gasteiger partial charge in [-0.05, 0) is 12.1 Å². The predicted octanol–water partition coefficient (Wildman–Crippen LogP) is 1.45. The van der Waals surface area contributed by atoms with Gasteiger partial charge in [-0.3, -0.25) is 4.79 Å². The number of hydrogen-bond acceptors (Lipinski definition) is 3. The normalized spacial score (nSPS) is 10.5. The van der Waals surface area contributed by atoms with E-state index >= 15 is 0 Å². The van der Waals surface area contributed by atoms with Crippen molar-refractivity contribution in [1.29, 1.82) is 5.26 Å². The molecule has 0 spiro atoms. The monoisotopic (exact) mass is 215 g/mol. The molecule has 0 aliphatic carbocycles. The van der Waals surface area contributed by atoms with Gasteiger partial charge in [-0.25, -0.2) is 4.98 Å². The highest BCUT2D eigenvalue weighted by Gasteiger charge is 2.39. The van der Waals surface area contributed by atoms with Crippen molar-refractivity contribution >= 4 is 11.7 Å². The van der Waals surface area contributed by atoms with E-state index < -0.39 is 17.9 Å². The summed E-state index contributed by atoms with van der Waals surface area (Å²) in [6, 6.07) is 4.23. The summed E-state index contributed by atoms with van der Waals surface area (Å²) in [7, 11) is 0. The summed E-state index contributed by atoms with van der Waals surface area (Å²) in [5.74, 6) is -2.56. The molecule has 1 heterocycles. The zero-order chi connectivity index (χ0) is 11.5. The van der Waals surface area contributed by atoms with Crippen molar-refractivity contribution in [1.82, 2.24) is 4.98 Å². The molecule has 1 N–H and O–H groups in total. The van der Waals surface area contributed by atoms with Gasteiger partial charge in [0.05, 0.1) is 5.56 Å². The van der Waals surface area contributed by atoms with Gasteiger partial charge in [0.15, 0.2) is 5.82 Å². The molecule has 0 saturated heterocycles. The number of hydrogen-bond donors (Lipinski definition) is 1. The van der Waals surface area contributed by atoms with Gasteiger partial charge in [-0.15, -0.1) is 0 Å². The highest BCUT2D eigenvalue weighted by atomic mass is 19.4. The fraction of sp³-hybridized carbons (Fsp3) is 0.125. The van der Waals surface area contributed by atoms with Crippen LogP contribution in [-0.2, 0) is 4.79 Å². The molecule has 1 amide bonds. The maximum absolute atomic E-state index is 11.8. The van der Waals surface area contributed by atoms with Crippen molar-refractivity contribution in [3.05, 3.63) is 23.9 Å².